The Bertz CT molecular complexity index is 1240. The zero-order valence-corrected chi connectivity index (χ0v) is 20.1. The summed E-state index contributed by atoms with van der Waals surface area (Å²) in [6.07, 6.45) is 0.318. The van der Waals surface area contributed by atoms with Gasteiger partial charge >= 0.3 is 0 Å². The molecule has 5 nitrogen and oxygen atoms in total. The molecule has 0 heterocycles. The van der Waals surface area contributed by atoms with E-state index in [9.17, 15) is 9.59 Å². The van der Waals surface area contributed by atoms with Gasteiger partial charge in [0.15, 0.2) is 0 Å². The standard InChI is InChI=1S/C29H26N2O3S/c1-34-25-16-12-24(13-17-25)31-29(33)28(22-10-6-3-7-11-22)35-26-18-14-23(15-19-26)30-27(32)20-21-8-4-2-5-9-21/h2-19,28H,20H2,1H3,(H,30,32)(H,31,33). The third kappa shape index (κ3) is 6.98. The molecule has 0 spiro atoms. The number of methoxy groups -OCH3 is 1. The van der Waals surface area contributed by atoms with Gasteiger partial charge in [0.2, 0.25) is 11.8 Å². The van der Waals surface area contributed by atoms with Gasteiger partial charge in [-0.1, -0.05) is 60.7 Å². The first-order chi connectivity index (χ1) is 17.1. The van der Waals surface area contributed by atoms with E-state index in [2.05, 4.69) is 10.6 Å². The molecule has 176 valence electrons. The molecule has 1 atom stereocenters. The fourth-order valence-electron chi connectivity index (χ4n) is 3.52. The van der Waals surface area contributed by atoms with E-state index < -0.39 is 5.25 Å². The first kappa shape index (κ1) is 24.1. The highest BCUT2D eigenvalue weighted by Crippen LogP contribution is 2.36. The molecule has 35 heavy (non-hydrogen) atoms. The predicted octanol–water partition coefficient (Wildman–Crippen LogP) is 6.35. The van der Waals surface area contributed by atoms with Gasteiger partial charge in [0.05, 0.1) is 13.5 Å². The summed E-state index contributed by atoms with van der Waals surface area (Å²) in [4.78, 5) is 26.5. The van der Waals surface area contributed by atoms with Crippen LogP contribution < -0.4 is 15.4 Å². The van der Waals surface area contributed by atoms with Crippen molar-refractivity contribution in [3.63, 3.8) is 0 Å². The minimum atomic E-state index is -0.447. The number of amides is 2. The van der Waals surface area contributed by atoms with E-state index in [0.29, 0.717) is 17.8 Å². The Kier molecular flexibility index (Phi) is 8.20. The van der Waals surface area contributed by atoms with Crippen molar-refractivity contribution in [2.75, 3.05) is 17.7 Å². The molecular formula is C29H26N2O3S. The Labute approximate surface area is 209 Å². The summed E-state index contributed by atoms with van der Waals surface area (Å²) >= 11 is 1.46. The van der Waals surface area contributed by atoms with Gasteiger partial charge in [-0.2, -0.15) is 0 Å². The molecule has 0 saturated carbocycles. The second kappa shape index (κ2) is 11.9. The van der Waals surface area contributed by atoms with Crippen molar-refractivity contribution in [2.45, 2.75) is 16.6 Å². The molecule has 1 unspecified atom stereocenters. The van der Waals surface area contributed by atoms with Gasteiger partial charge in [0, 0.05) is 16.3 Å². The maximum absolute atomic E-state index is 13.2. The lowest BCUT2D eigenvalue weighted by molar-refractivity contribution is -0.116. The van der Waals surface area contributed by atoms with E-state index in [1.807, 2.05) is 109 Å². The minimum Gasteiger partial charge on any atom is -0.497 e. The molecule has 0 aromatic heterocycles. The zero-order chi connectivity index (χ0) is 24.5. The van der Waals surface area contributed by atoms with Crippen LogP contribution in [-0.2, 0) is 16.0 Å². The molecule has 2 N–H and O–H groups in total. The maximum atomic E-state index is 13.2. The molecule has 0 radical (unpaired) electrons. The van der Waals surface area contributed by atoms with Gasteiger partial charge in [0.25, 0.3) is 0 Å². The number of carbonyl (C=O) groups excluding carboxylic acids is 2. The summed E-state index contributed by atoms with van der Waals surface area (Å²) in [7, 11) is 1.61. The lowest BCUT2D eigenvalue weighted by atomic mass is 10.1. The van der Waals surface area contributed by atoms with E-state index in [1.54, 1.807) is 7.11 Å². The number of ether oxygens (including phenoxy) is 1. The molecule has 0 aliphatic heterocycles. The van der Waals surface area contributed by atoms with Crippen LogP contribution in [0.15, 0.2) is 114 Å². The Morgan fingerprint density at radius 1 is 0.743 bits per heavy atom. The molecule has 4 rings (SSSR count). The SMILES string of the molecule is COc1ccc(NC(=O)C(Sc2ccc(NC(=O)Cc3ccccc3)cc2)c2ccccc2)cc1. The van der Waals surface area contributed by atoms with E-state index >= 15 is 0 Å². The molecular weight excluding hydrogens is 456 g/mol. The fraction of sp³-hybridized carbons (Fsp3) is 0.103. The summed E-state index contributed by atoms with van der Waals surface area (Å²) in [5, 5.41) is 5.48. The van der Waals surface area contributed by atoms with E-state index in [1.165, 1.54) is 11.8 Å². The Hall–Kier alpha value is -4.03. The highest BCUT2D eigenvalue weighted by atomic mass is 32.2. The van der Waals surface area contributed by atoms with Crippen LogP contribution in [0.5, 0.6) is 5.75 Å². The third-order valence-electron chi connectivity index (χ3n) is 5.30. The second-order valence-corrected chi connectivity index (χ2v) is 9.04. The van der Waals surface area contributed by atoms with Crippen LogP contribution in [0.2, 0.25) is 0 Å². The average molecular weight is 483 g/mol. The molecule has 0 aliphatic carbocycles. The van der Waals surface area contributed by atoms with Crippen LogP contribution >= 0.6 is 11.8 Å². The number of hydrogen-bond acceptors (Lipinski definition) is 4. The quantitative estimate of drug-likeness (QED) is 0.273. The van der Waals surface area contributed by atoms with Crippen molar-refractivity contribution in [1.29, 1.82) is 0 Å². The molecule has 4 aromatic rings. The number of anilines is 2. The van der Waals surface area contributed by atoms with Gasteiger partial charge < -0.3 is 15.4 Å². The Balaban J connectivity index is 1.43. The summed E-state index contributed by atoms with van der Waals surface area (Å²) < 4.78 is 5.19. The van der Waals surface area contributed by atoms with Crippen molar-refractivity contribution in [1.82, 2.24) is 0 Å². The summed E-state index contributed by atoms with van der Waals surface area (Å²) in [5.74, 6) is 0.539. The van der Waals surface area contributed by atoms with Crippen molar-refractivity contribution in [2.24, 2.45) is 0 Å². The molecule has 2 amide bonds. The van der Waals surface area contributed by atoms with Gasteiger partial charge in [-0.3, -0.25) is 9.59 Å². The van der Waals surface area contributed by atoms with E-state index in [4.69, 9.17) is 4.74 Å². The van der Waals surface area contributed by atoms with Crippen LogP contribution in [0.3, 0.4) is 0 Å². The number of thioether (sulfide) groups is 1. The van der Waals surface area contributed by atoms with E-state index in [-0.39, 0.29) is 11.8 Å². The lowest BCUT2D eigenvalue weighted by Gasteiger charge is -2.17. The largest absolute Gasteiger partial charge is 0.497 e. The first-order valence-corrected chi connectivity index (χ1v) is 12.1. The molecule has 0 aliphatic rings. The van der Waals surface area contributed by atoms with Crippen molar-refractivity contribution in [3.05, 3.63) is 120 Å². The highest BCUT2D eigenvalue weighted by molar-refractivity contribution is 8.00. The Morgan fingerprint density at radius 3 is 1.94 bits per heavy atom. The van der Waals surface area contributed by atoms with Crippen LogP contribution in [0.25, 0.3) is 0 Å². The number of nitrogens with one attached hydrogen (secondary N) is 2. The summed E-state index contributed by atoms with van der Waals surface area (Å²) in [6.45, 7) is 0. The van der Waals surface area contributed by atoms with Gasteiger partial charge in [-0.05, 0) is 59.7 Å². The second-order valence-electron chi connectivity index (χ2n) is 7.86. The number of carbonyl (C=O) groups is 2. The molecule has 4 aromatic carbocycles. The maximum Gasteiger partial charge on any atom is 0.242 e. The van der Waals surface area contributed by atoms with Crippen molar-refractivity contribution >= 4 is 35.0 Å². The van der Waals surface area contributed by atoms with Gasteiger partial charge in [-0.25, -0.2) is 0 Å². The lowest BCUT2D eigenvalue weighted by Crippen LogP contribution is -2.19. The molecule has 6 heteroatoms. The number of benzene rings is 4. The minimum absolute atomic E-state index is 0.0716. The topological polar surface area (TPSA) is 67.4 Å². The summed E-state index contributed by atoms with van der Waals surface area (Å²) in [5.41, 5.74) is 3.29. The number of hydrogen-bond donors (Lipinski definition) is 2. The van der Waals surface area contributed by atoms with Crippen LogP contribution in [0, 0.1) is 0 Å². The molecule has 0 saturated heterocycles. The van der Waals surface area contributed by atoms with E-state index in [0.717, 1.165) is 21.8 Å². The molecule has 0 bridgehead atoms. The van der Waals surface area contributed by atoms with Gasteiger partial charge in [-0.15, -0.1) is 11.8 Å². The Morgan fingerprint density at radius 2 is 1.31 bits per heavy atom. The first-order valence-electron chi connectivity index (χ1n) is 11.2. The highest BCUT2D eigenvalue weighted by Gasteiger charge is 2.22. The smallest absolute Gasteiger partial charge is 0.242 e. The zero-order valence-electron chi connectivity index (χ0n) is 19.3. The summed E-state index contributed by atoms with van der Waals surface area (Å²) in [6, 6.07) is 34.1. The fourth-order valence-corrected chi connectivity index (χ4v) is 4.55. The third-order valence-corrected chi connectivity index (χ3v) is 6.56. The van der Waals surface area contributed by atoms with Crippen LogP contribution in [0.1, 0.15) is 16.4 Å². The van der Waals surface area contributed by atoms with Crippen molar-refractivity contribution in [3.8, 4) is 5.75 Å². The van der Waals surface area contributed by atoms with Crippen LogP contribution in [-0.4, -0.2) is 18.9 Å². The molecule has 0 fully saturated rings. The normalized spacial score (nSPS) is 11.3. The average Bonchev–Trinajstić information content (AvgIpc) is 2.89. The van der Waals surface area contributed by atoms with Crippen LogP contribution in [0.4, 0.5) is 11.4 Å². The monoisotopic (exact) mass is 482 g/mol. The van der Waals surface area contributed by atoms with Crippen molar-refractivity contribution < 1.29 is 14.3 Å². The van der Waals surface area contributed by atoms with Gasteiger partial charge in [0.1, 0.15) is 11.0 Å². The predicted molar refractivity (Wildman–Crippen MR) is 142 cm³/mol. The number of rotatable bonds is 9.